The average Bonchev–Trinajstić information content (AvgIpc) is 2.29. The van der Waals surface area contributed by atoms with Gasteiger partial charge < -0.3 is 9.47 Å². The second kappa shape index (κ2) is 6.12. The highest BCUT2D eigenvalue weighted by molar-refractivity contribution is 5.59. The van der Waals surface area contributed by atoms with Crippen molar-refractivity contribution in [2.45, 2.75) is 19.8 Å². The van der Waals surface area contributed by atoms with Gasteiger partial charge in [-0.25, -0.2) is 0 Å². The Labute approximate surface area is 91.5 Å². The number of hydrogen-bond acceptors (Lipinski definition) is 2. The molecule has 0 fully saturated rings. The zero-order valence-electron chi connectivity index (χ0n) is 9.62. The van der Waals surface area contributed by atoms with Crippen LogP contribution < -0.4 is 9.47 Å². The molecule has 1 aromatic rings. The Bertz CT molecular complexity index is 329. The number of hydrogen-bond donors (Lipinski definition) is 0. The summed E-state index contributed by atoms with van der Waals surface area (Å²) in [6, 6.07) is 5.80. The van der Waals surface area contributed by atoms with Crippen molar-refractivity contribution in [2.24, 2.45) is 0 Å². The van der Waals surface area contributed by atoms with Crippen LogP contribution in [-0.2, 0) is 0 Å². The van der Waals surface area contributed by atoms with Crippen molar-refractivity contribution < 1.29 is 9.47 Å². The van der Waals surface area contributed by atoms with E-state index in [9.17, 15) is 0 Å². The summed E-state index contributed by atoms with van der Waals surface area (Å²) in [6.45, 7) is 2.16. The molecule has 2 nitrogen and oxygen atoms in total. The smallest absolute Gasteiger partial charge is 0.126 e. The van der Waals surface area contributed by atoms with Crippen LogP contribution in [0.25, 0.3) is 6.08 Å². The van der Waals surface area contributed by atoms with E-state index in [1.54, 1.807) is 14.2 Å². The Morgan fingerprint density at radius 2 is 2.00 bits per heavy atom. The van der Waals surface area contributed by atoms with Crippen molar-refractivity contribution in [3.8, 4) is 11.5 Å². The van der Waals surface area contributed by atoms with Crippen LogP contribution in [0.15, 0.2) is 24.3 Å². The van der Waals surface area contributed by atoms with Crippen LogP contribution in [0.1, 0.15) is 25.3 Å². The van der Waals surface area contributed by atoms with Gasteiger partial charge in [0.2, 0.25) is 0 Å². The first-order valence-corrected chi connectivity index (χ1v) is 5.20. The molecule has 0 amide bonds. The van der Waals surface area contributed by atoms with Crippen LogP contribution in [0.2, 0.25) is 0 Å². The van der Waals surface area contributed by atoms with Crippen molar-refractivity contribution in [3.05, 3.63) is 29.8 Å². The molecule has 0 atom stereocenters. The van der Waals surface area contributed by atoms with Crippen molar-refractivity contribution in [1.82, 2.24) is 0 Å². The summed E-state index contributed by atoms with van der Waals surface area (Å²) in [5.41, 5.74) is 1.06. The number of allylic oxidation sites excluding steroid dienone is 1. The summed E-state index contributed by atoms with van der Waals surface area (Å²) >= 11 is 0. The van der Waals surface area contributed by atoms with Crippen molar-refractivity contribution in [2.75, 3.05) is 14.2 Å². The lowest BCUT2D eigenvalue weighted by Crippen LogP contribution is -1.89. The average molecular weight is 206 g/mol. The summed E-state index contributed by atoms with van der Waals surface area (Å²) in [4.78, 5) is 0. The Morgan fingerprint density at radius 1 is 1.20 bits per heavy atom. The van der Waals surface area contributed by atoms with Gasteiger partial charge in [0, 0.05) is 5.56 Å². The van der Waals surface area contributed by atoms with Crippen LogP contribution in [-0.4, -0.2) is 14.2 Å². The maximum atomic E-state index is 5.27. The highest BCUT2D eigenvalue weighted by Gasteiger charge is 2.00. The summed E-state index contributed by atoms with van der Waals surface area (Å²) in [5.74, 6) is 1.73. The van der Waals surface area contributed by atoms with E-state index in [1.165, 1.54) is 0 Å². The molecule has 0 spiro atoms. The molecule has 0 saturated heterocycles. The molecule has 0 radical (unpaired) electrons. The molecule has 0 aliphatic rings. The number of ether oxygens (including phenoxy) is 2. The lowest BCUT2D eigenvalue weighted by Gasteiger charge is -2.06. The summed E-state index contributed by atoms with van der Waals surface area (Å²) in [5, 5.41) is 0. The molecular formula is C13H18O2. The quantitative estimate of drug-likeness (QED) is 0.734. The highest BCUT2D eigenvalue weighted by Crippen LogP contribution is 2.25. The maximum Gasteiger partial charge on any atom is 0.126 e. The number of methoxy groups -OCH3 is 2. The minimum atomic E-state index is 0.854. The zero-order chi connectivity index (χ0) is 11.1. The Hall–Kier alpha value is -1.44. The molecule has 0 heterocycles. The summed E-state index contributed by atoms with van der Waals surface area (Å²) in [7, 11) is 3.35. The van der Waals surface area contributed by atoms with E-state index in [2.05, 4.69) is 19.1 Å². The van der Waals surface area contributed by atoms with Gasteiger partial charge in [-0.2, -0.15) is 0 Å². The molecule has 0 aromatic heterocycles. The van der Waals surface area contributed by atoms with Gasteiger partial charge in [0.15, 0.2) is 0 Å². The van der Waals surface area contributed by atoms with Crippen molar-refractivity contribution in [1.29, 1.82) is 0 Å². The Morgan fingerprint density at radius 3 is 2.60 bits per heavy atom. The normalized spacial score (nSPS) is 10.6. The number of unbranched alkanes of at least 4 members (excludes halogenated alkanes) is 1. The lowest BCUT2D eigenvalue weighted by atomic mass is 10.1. The van der Waals surface area contributed by atoms with Crippen molar-refractivity contribution >= 4 is 6.08 Å². The molecule has 0 bridgehead atoms. The topological polar surface area (TPSA) is 18.5 Å². The minimum Gasteiger partial charge on any atom is -0.497 e. The molecule has 15 heavy (non-hydrogen) atoms. The van der Waals surface area contributed by atoms with Crippen LogP contribution in [0.5, 0.6) is 11.5 Å². The van der Waals surface area contributed by atoms with E-state index < -0.39 is 0 Å². The number of rotatable bonds is 5. The van der Waals surface area contributed by atoms with Crippen molar-refractivity contribution in [3.63, 3.8) is 0 Å². The third-order valence-corrected chi connectivity index (χ3v) is 2.19. The molecule has 2 heteroatoms. The second-order valence-corrected chi connectivity index (χ2v) is 3.30. The molecule has 0 aliphatic heterocycles. The minimum absolute atomic E-state index is 0.854. The molecular weight excluding hydrogens is 188 g/mol. The van der Waals surface area contributed by atoms with Gasteiger partial charge in [-0.3, -0.25) is 0 Å². The van der Waals surface area contributed by atoms with Crippen LogP contribution >= 0.6 is 0 Å². The monoisotopic (exact) mass is 206 g/mol. The molecule has 1 rings (SSSR count). The highest BCUT2D eigenvalue weighted by atomic mass is 16.5. The predicted molar refractivity (Wildman–Crippen MR) is 63.5 cm³/mol. The Kier molecular flexibility index (Phi) is 4.75. The van der Waals surface area contributed by atoms with Gasteiger partial charge in [0.25, 0.3) is 0 Å². The fourth-order valence-electron chi connectivity index (χ4n) is 1.35. The zero-order valence-corrected chi connectivity index (χ0v) is 9.62. The second-order valence-electron chi connectivity index (χ2n) is 3.30. The van der Waals surface area contributed by atoms with E-state index in [0.717, 1.165) is 29.9 Å². The largest absolute Gasteiger partial charge is 0.497 e. The SMILES string of the molecule is CCC/C=C/c1cc(OC)ccc1OC. The third-order valence-electron chi connectivity index (χ3n) is 2.19. The first kappa shape index (κ1) is 11.6. The van der Waals surface area contributed by atoms with Crippen LogP contribution in [0.3, 0.4) is 0 Å². The first-order valence-electron chi connectivity index (χ1n) is 5.20. The summed E-state index contributed by atoms with van der Waals surface area (Å²) < 4.78 is 10.4. The van der Waals surface area contributed by atoms with Gasteiger partial charge in [-0.05, 0) is 24.6 Å². The van der Waals surface area contributed by atoms with E-state index in [4.69, 9.17) is 9.47 Å². The van der Waals surface area contributed by atoms with Crippen LogP contribution in [0, 0.1) is 0 Å². The molecule has 1 aromatic carbocycles. The third kappa shape index (κ3) is 3.31. The van der Waals surface area contributed by atoms with Crippen LogP contribution in [0.4, 0.5) is 0 Å². The fraction of sp³-hybridized carbons (Fsp3) is 0.385. The fourth-order valence-corrected chi connectivity index (χ4v) is 1.35. The predicted octanol–water partition coefficient (Wildman–Crippen LogP) is 3.52. The van der Waals surface area contributed by atoms with E-state index in [-0.39, 0.29) is 0 Å². The lowest BCUT2D eigenvalue weighted by molar-refractivity contribution is 0.402. The van der Waals surface area contributed by atoms with E-state index in [0.29, 0.717) is 0 Å². The van der Waals surface area contributed by atoms with E-state index in [1.807, 2.05) is 18.2 Å². The van der Waals surface area contributed by atoms with Gasteiger partial charge in [-0.15, -0.1) is 0 Å². The molecule has 0 saturated carbocycles. The molecule has 0 aliphatic carbocycles. The van der Waals surface area contributed by atoms with Gasteiger partial charge >= 0.3 is 0 Å². The summed E-state index contributed by atoms with van der Waals surface area (Å²) in [6.07, 6.45) is 6.46. The first-order chi connectivity index (χ1) is 7.31. The Balaban J connectivity index is 2.90. The van der Waals surface area contributed by atoms with Gasteiger partial charge in [-0.1, -0.05) is 25.5 Å². The molecule has 0 N–H and O–H groups in total. The molecule has 0 unspecified atom stereocenters. The van der Waals surface area contributed by atoms with Gasteiger partial charge in [0.05, 0.1) is 14.2 Å². The number of benzene rings is 1. The standard InChI is InChI=1S/C13H18O2/c1-4-5-6-7-11-10-12(14-2)8-9-13(11)15-3/h6-10H,4-5H2,1-3H3/b7-6+. The van der Waals surface area contributed by atoms with E-state index >= 15 is 0 Å². The molecule has 82 valence electrons. The maximum absolute atomic E-state index is 5.27. The van der Waals surface area contributed by atoms with Gasteiger partial charge in [0.1, 0.15) is 11.5 Å².